The Morgan fingerprint density at radius 3 is 2.86 bits per heavy atom. The van der Waals surface area contributed by atoms with Gasteiger partial charge in [0.25, 0.3) is 0 Å². The van der Waals surface area contributed by atoms with E-state index in [1.165, 1.54) is 19.2 Å². The molecule has 112 valence electrons. The molecule has 0 saturated heterocycles. The van der Waals surface area contributed by atoms with Crippen LogP contribution in [0.5, 0.6) is 0 Å². The molecule has 8 heteroatoms. The number of halogens is 1. The predicted octanol–water partition coefficient (Wildman–Crippen LogP) is 1.66. The number of nitrogens with zero attached hydrogens (tertiary/aromatic N) is 2. The van der Waals surface area contributed by atoms with Crippen molar-refractivity contribution in [2.75, 3.05) is 12.8 Å². The van der Waals surface area contributed by atoms with Gasteiger partial charge in [-0.05, 0) is 19.1 Å². The van der Waals surface area contributed by atoms with Crippen molar-refractivity contribution >= 4 is 34.7 Å². The van der Waals surface area contributed by atoms with E-state index in [0.717, 1.165) is 11.8 Å². The van der Waals surface area contributed by atoms with Crippen LogP contribution in [0.2, 0.25) is 0 Å². The molecule has 0 aliphatic carbocycles. The summed E-state index contributed by atoms with van der Waals surface area (Å²) in [5, 5.41) is 11.6. The van der Waals surface area contributed by atoms with Gasteiger partial charge in [0.1, 0.15) is 11.6 Å². The first-order chi connectivity index (χ1) is 9.95. The van der Waals surface area contributed by atoms with Crippen molar-refractivity contribution in [1.29, 1.82) is 0 Å². The lowest BCUT2D eigenvalue weighted by Crippen LogP contribution is -2.28. The summed E-state index contributed by atoms with van der Waals surface area (Å²) in [6.45, 7) is 1.65. The molecule has 1 aromatic carbocycles. The van der Waals surface area contributed by atoms with Crippen LogP contribution in [0.1, 0.15) is 13.0 Å². The van der Waals surface area contributed by atoms with Crippen molar-refractivity contribution in [2.45, 2.75) is 18.1 Å². The number of carbonyl (C=O) groups is 2. The Balaban J connectivity index is 2.57. The number of benzene rings is 1. The first-order valence-electron chi connectivity index (χ1n) is 6.18. The summed E-state index contributed by atoms with van der Waals surface area (Å²) < 4.78 is 15.4. The van der Waals surface area contributed by atoms with Crippen LogP contribution < -0.4 is 5.32 Å². The number of hydrogen-bond donors (Lipinski definition) is 2. The number of aromatic nitrogens is 2. The van der Waals surface area contributed by atoms with Crippen LogP contribution in [-0.4, -0.2) is 39.3 Å². The van der Waals surface area contributed by atoms with Gasteiger partial charge in [0.05, 0.1) is 11.3 Å². The third-order valence-electron chi connectivity index (χ3n) is 2.98. The van der Waals surface area contributed by atoms with E-state index in [1.54, 1.807) is 17.6 Å². The molecule has 1 aromatic heterocycles. The SMILES string of the molecule is CNC(=O)C(C)n1c(SCC(=O)O)nc2c(F)cccc21. The molecule has 0 aliphatic rings. The zero-order valence-electron chi connectivity index (χ0n) is 11.5. The molecule has 2 N–H and O–H groups in total. The van der Waals surface area contributed by atoms with Crippen LogP contribution in [0.3, 0.4) is 0 Å². The van der Waals surface area contributed by atoms with Gasteiger partial charge in [-0.3, -0.25) is 9.59 Å². The quantitative estimate of drug-likeness (QED) is 0.820. The van der Waals surface area contributed by atoms with Gasteiger partial charge < -0.3 is 15.0 Å². The Labute approximate surface area is 124 Å². The third kappa shape index (κ3) is 2.99. The van der Waals surface area contributed by atoms with E-state index in [0.29, 0.717) is 10.7 Å². The monoisotopic (exact) mass is 311 g/mol. The fourth-order valence-electron chi connectivity index (χ4n) is 1.99. The molecule has 1 atom stereocenters. The van der Waals surface area contributed by atoms with Gasteiger partial charge in [-0.15, -0.1) is 0 Å². The van der Waals surface area contributed by atoms with E-state index in [-0.39, 0.29) is 17.2 Å². The number of nitrogens with one attached hydrogen (secondary N) is 1. The van der Waals surface area contributed by atoms with E-state index in [2.05, 4.69) is 10.3 Å². The minimum absolute atomic E-state index is 0.126. The zero-order valence-corrected chi connectivity index (χ0v) is 12.3. The highest BCUT2D eigenvalue weighted by molar-refractivity contribution is 7.99. The number of fused-ring (bicyclic) bond motifs is 1. The van der Waals surface area contributed by atoms with E-state index in [9.17, 15) is 14.0 Å². The Bertz CT molecular complexity index is 701. The molecule has 1 amide bonds. The number of carboxylic acids is 1. The Morgan fingerprint density at radius 2 is 2.24 bits per heavy atom. The van der Waals surface area contributed by atoms with Gasteiger partial charge in [0, 0.05) is 7.05 Å². The normalized spacial score (nSPS) is 12.3. The van der Waals surface area contributed by atoms with Crippen LogP contribution in [0.25, 0.3) is 11.0 Å². The van der Waals surface area contributed by atoms with Crippen molar-refractivity contribution in [1.82, 2.24) is 14.9 Å². The molecule has 6 nitrogen and oxygen atoms in total. The number of hydrogen-bond acceptors (Lipinski definition) is 4. The van der Waals surface area contributed by atoms with Gasteiger partial charge >= 0.3 is 5.97 Å². The number of aliphatic carboxylic acids is 1. The molecular weight excluding hydrogens is 297 g/mol. The molecule has 0 saturated carbocycles. The Kier molecular flexibility index (Phi) is 4.46. The maximum absolute atomic E-state index is 13.8. The van der Waals surface area contributed by atoms with Gasteiger partial charge in [-0.2, -0.15) is 0 Å². The molecule has 1 heterocycles. The summed E-state index contributed by atoms with van der Waals surface area (Å²) in [5.74, 6) is -2.00. The highest BCUT2D eigenvalue weighted by Crippen LogP contribution is 2.29. The fourth-order valence-corrected chi connectivity index (χ4v) is 2.79. The number of carbonyl (C=O) groups excluding carboxylic acids is 1. The van der Waals surface area contributed by atoms with E-state index >= 15 is 0 Å². The number of likely N-dealkylation sites (N-methyl/N-ethyl adjacent to an activating group) is 1. The molecule has 21 heavy (non-hydrogen) atoms. The van der Waals surface area contributed by atoms with Crippen molar-refractivity contribution < 1.29 is 19.1 Å². The van der Waals surface area contributed by atoms with Gasteiger partial charge in [-0.1, -0.05) is 17.8 Å². The lowest BCUT2D eigenvalue weighted by molar-refractivity contribution is -0.133. The highest BCUT2D eigenvalue weighted by atomic mass is 32.2. The molecular formula is C13H14FN3O3S. The molecule has 1 unspecified atom stereocenters. The van der Waals surface area contributed by atoms with Gasteiger partial charge in [0.2, 0.25) is 5.91 Å². The number of para-hydroxylation sites is 1. The number of amides is 1. The lowest BCUT2D eigenvalue weighted by atomic mass is 10.2. The lowest BCUT2D eigenvalue weighted by Gasteiger charge is -2.15. The molecule has 2 rings (SSSR count). The Hall–Kier alpha value is -2.09. The van der Waals surface area contributed by atoms with Crippen molar-refractivity contribution in [3.8, 4) is 0 Å². The minimum atomic E-state index is -1.01. The second-order valence-electron chi connectivity index (χ2n) is 4.34. The van der Waals surface area contributed by atoms with E-state index in [1.807, 2.05) is 0 Å². The molecule has 0 aliphatic heterocycles. The van der Waals surface area contributed by atoms with Crippen molar-refractivity contribution in [2.24, 2.45) is 0 Å². The Morgan fingerprint density at radius 1 is 1.52 bits per heavy atom. The predicted molar refractivity (Wildman–Crippen MR) is 76.8 cm³/mol. The number of imidazole rings is 1. The largest absolute Gasteiger partial charge is 0.481 e. The average molecular weight is 311 g/mol. The maximum atomic E-state index is 13.8. The summed E-state index contributed by atoms with van der Waals surface area (Å²) in [6.07, 6.45) is 0. The summed E-state index contributed by atoms with van der Waals surface area (Å²) in [7, 11) is 1.50. The maximum Gasteiger partial charge on any atom is 0.313 e. The van der Waals surface area contributed by atoms with E-state index < -0.39 is 17.8 Å². The van der Waals surface area contributed by atoms with Gasteiger partial charge in [-0.25, -0.2) is 9.37 Å². The second kappa shape index (κ2) is 6.13. The van der Waals surface area contributed by atoms with Crippen molar-refractivity contribution in [3.63, 3.8) is 0 Å². The highest BCUT2D eigenvalue weighted by Gasteiger charge is 2.22. The summed E-state index contributed by atoms with van der Waals surface area (Å²) in [4.78, 5) is 26.7. The molecule has 2 aromatic rings. The van der Waals surface area contributed by atoms with Crippen LogP contribution in [0.4, 0.5) is 4.39 Å². The van der Waals surface area contributed by atoms with Gasteiger partial charge in [0.15, 0.2) is 11.0 Å². The number of rotatable bonds is 5. The summed E-state index contributed by atoms with van der Waals surface area (Å²) >= 11 is 0.951. The summed E-state index contributed by atoms with van der Waals surface area (Å²) in [6, 6.07) is 3.82. The molecule has 0 fully saturated rings. The first-order valence-corrected chi connectivity index (χ1v) is 7.17. The van der Waals surface area contributed by atoms with Crippen molar-refractivity contribution in [3.05, 3.63) is 24.0 Å². The van der Waals surface area contributed by atoms with Crippen LogP contribution in [-0.2, 0) is 9.59 Å². The summed E-state index contributed by atoms with van der Waals surface area (Å²) in [5.41, 5.74) is 0.583. The van der Waals surface area contributed by atoms with Crippen LogP contribution in [0, 0.1) is 5.82 Å². The second-order valence-corrected chi connectivity index (χ2v) is 5.29. The first kappa shape index (κ1) is 15.3. The fraction of sp³-hybridized carbons (Fsp3) is 0.308. The smallest absolute Gasteiger partial charge is 0.313 e. The van der Waals surface area contributed by atoms with Crippen LogP contribution in [0.15, 0.2) is 23.4 Å². The number of carboxylic acid groups (broad SMARTS) is 1. The zero-order chi connectivity index (χ0) is 15.6. The minimum Gasteiger partial charge on any atom is -0.481 e. The third-order valence-corrected chi connectivity index (χ3v) is 3.91. The topological polar surface area (TPSA) is 84.2 Å². The molecule has 0 spiro atoms. The molecule has 0 bridgehead atoms. The standard InChI is InChI=1S/C13H14FN3O3S/c1-7(12(20)15-2)17-9-5-3-4-8(14)11(9)16-13(17)21-6-10(18)19/h3-5,7H,6H2,1-2H3,(H,15,20)(H,18,19). The van der Waals surface area contributed by atoms with Crippen LogP contribution >= 0.6 is 11.8 Å². The number of thioether (sulfide) groups is 1. The average Bonchev–Trinajstić information content (AvgIpc) is 2.83. The van der Waals surface area contributed by atoms with E-state index in [4.69, 9.17) is 5.11 Å². The molecule has 0 radical (unpaired) electrons.